The Balaban J connectivity index is 2.59. The fraction of sp³-hybridized carbons (Fsp3) is 0.455. The van der Waals surface area contributed by atoms with Crippen LogP contribution in [-0.4, -0.2) is 108 Å². The summed E-state index contributed by atoms with van der Waals surface area (Å²) in [5.74, 6) is -1.91. The zero-order valence-corrected chi connectivity index (χ0v) is 22.9. The maximum atomic E-state index is 12.0. The second-order valence-corrected chi connectivity index (χ2v) is 12.4. The molecule has 0 bridgehead atoms. The third-order valence-corrected chi connectivity index (χ3v) is 7.60. The van der Waals surface area contributed by atoms with Crippen LogP contribution in [0.25, 0.3) is 0 Å². The number of aliphatic hydroxyl groups is 4. The van der Waals surface area contributed by atoms with E-state index >= 15 is 0 Å². The lowest BCUT2D eigenvalue weighted by molar-refractivity contribution is 0.0157. The molecule has 2 aromatic carbocycles. The molecule has 18 heteroatoms. The van der Waals surface area contributed by atoms with Gasteiger partial charge in [-0.3, -0.25) is 18.9 Å². The van der Waals surface area contributed by atoms with Crippen molar-refractivity contribution in [1.82, 2.24) is 9.80 Å². The molecule has 0 amide bonds. The minimum absolute atomic E-state index is 0.0343. The van der Waals surface area contributed by atoms with Crippen molar-refractivity contribution in [1.29, 1.82) is 0 Å². The Morgan fingerprint density at radius 1 is 0.550 bits per heavy atom. The predicted molar refractivity (Wildman–Crippen MR) is 138 cm³/mol. The second kappa shape index (κ2) is 14.0. The third kappa shape index (κ3) is 9.38. The third-order valence-electron chi connectivity index (χ3n) is 6.14. The standard InChI is InChI=1S/C22H34N2O14P2/c25-7-15-1-13(21(31)4-22(15)32)5-23(11-39(33,34)35)17(9-27)18(10-28)24(12-40(36,37)38)6-14-2-20(30)16(8-26)3-19(14)29/h1-4,17-18,25-32H,5-12H2,(H2,33,34,35)(H2,36,37,38)/t17?,18-/m1/s1. The Hall–Kier alpha value is -2.30. The summed E-state index contributed by atoms with van der Waals surface area (Å²) < 4.78 is 24.0. The summed E-state index contributed by atoms with van der Waals surface area (Å²) in [6, 6.07) is 1.16. The molecule has 0 spiro atoms. The Labute approximate surface area is 228 Å². The average Bonchev–Trinajstić information content (AvgIpc) is 2.83. The first-order valence-corrected chi connectivity index (χ1v) is 15.2. The van der Waals surface area contributed by atoms with E-state index in [2.05, 4.69) is 0 Å². The van der Waals surface area contributed by atoms with Crippen LogP contribution in [-0.2, 0) is 35.4 Å². The minimum Gasteiger partial charge on any atom is -0.508 e. The van der Waals surface area contributed by atoms with E-state index in [1.165, 1.54) is 0 Å². The van der Waals surface area contributed by atoms with Gasteiger partial charge in [0.15, 0.2) is 0 Å². The minimum atomic E-state index is -4.90. The number of hydrogen-bond donors (Lipinski definition) is 12. The lowest BCUT2D eigenvalue weighted by Gasteiger charge is -2.41. The number of phenolic OH excluding ortho intramolecular Hbond substituents is 2. The molecule has 0 fully saturated rings. The van der Waals surface area contributed by atoms with Gasteiger partial charge in [-0.25, -0.2) is 0 Å². The van der Waals surface area contributed by atoms with Crippen molar-refractivity contribution >= 4 is 15.2 Å². The molecule has 0 aromatic heterocycles. The normalized spacial score (nSPS) is 14.2. The van der Waals surface area contributed by atoms with Crippen LogP contribution >= 0.6 is 15.2 Å². The number of aliphatic hydroxyl groups excluding tert-OH is 4. The van der Waals surface area contributed by atoms with Gasteiger partial charge in [-0.2, -0.15) is 0 Å². The van der Waals surface area contributed by atoms with Crippen molar-refractivity contribution in [2.75, 3.05) is 25.8 Å². The molecular formula is C22H34N2O14P2. The highest BCUT2D eigenvalue weighted by Crippen LogP contribution is 2.41. The van der Waals surface area contributed by atoms with Crippen LogP contribution in [0.5, 0.6) is 23.0 Å². The van der Waals surface area contributed by atoms with Gasteiger partial charge in [0.1, 0.15) is 35.6 Å². The van der Waals surface area contributed by atoms with Gasteiger partial charge in [0, 0.05) is 41.4 Å². The molecule has 0 aliphatic carbocycles. The van der Waals surface area contributed by atoms with E-state index < -0.39 is 102 Å². The van der Waals surface area contributed by atoms with E-state index in [4.69, 9.17) is 0 Å². The lowest BCUT2D eigenvalue weighted by Crippen LogP contribution is -2.55. The summed E-state index contributed by atoms with van der Waals surface area (Å²) >= 11 is 0. The van der Waals surface area contributed by atoms with Gasteiger partial charge in [0.2, 0.25) is 0 Å². The predicted octanol–water partition coefficient (Wildman–Crippen LogP) is -1.21. The highest BCUT2D eigenvalue weighted by atomic mass is 31.2. The molecule has 16 nitrogen and oxygen atoms in total. The number of hydrogen-bond acceptors (Lipinski definition) is 12. The molecule has 2 aromatic rings. The molecule has 12 N–H and O–H groups in total. The Bertz CT molecular complexity index is 1250. The molecule has 2 rings (SSSR count). The summed E-state index contributed by atoms with van der Waals surface area (Å²) in [5.41, 5.74) is -0.218. The van der Waals surface area contributed by atoms with Crippen molar-refractivity contribution in [3.63, 3.8) is 0 Å². The van der Waals surface area contributed by atoms with Crippen LogP contribution < -0.4 is 0 Å². The van der Waals surface area contributed by atoms with Gasteiger partial charge in [-0.05, 0) is 18.2 Å². The zero-order valence-electron chi connectivity index (χ0n) is 21.1. The fourth-order valence-electron chi connectivity index (χ4n) is 4.26. The summed E-state index contributed by atoms with van der Waals surface area (Å²) in [6.45, 7) is -4.18. The first-order valence-electron chi connectivity index (χ1n) is 11.6. The molecular weight excluding hydrogens is 578 g/mol. The van der Waals surface area contributed by atoms with Gasteiger partial charge in [-0.1, -0.05) is 0 Å². The van der Waals surface area contributed by atoms with E-state index in [0.717, 1.165) is 34.1 Å². The molecule has 0 aliphatic heterocycles. The van der Waals surface area contributed by atoms with Crippen LogP contribution in [0.2, 0.25) is 0 Å². The monoisotopic (exact) mass is 612 g/mol. The molecule has 0 radical (unpaired) electrons. The van der Waals surface area contributed by atoms with E-state index in [9.17, 15) is 69.6 Å². The maximum absolute atomic E-state index is 12.0. The number of benzene rings is 2. The van der Waals surface area contributed by atoms with Crippen LogP contribution in [0.4, 0.5) is 0 Å². The molecule has 226 valence electrons. The van der Waals surface area contributed by atoms with E-state index in [1.807, 2.05) is 0 Å². The van der Waals surface area contributed by atoms with Crippen molar-refractivity contribution in [2.24, 2.45) is 0 Å². The molecule has 0 aliphatic rings. The summed E-state index contributed by atoms with van der Waals surface area (Å²) in [6.07, 6.45) is -2.11. The zero-order chi connectivity index (χ0) is 30.4. The molecule has 0 saturated heterocycles. The number of aromatic hydroxyl groups is 4. The Kier molecular flexibility index (Phi) is 11.9. The number of nitrogens with zero attached hydrogens (tertiary/aromatic N) is 2. The van der Waals surface area contributed by atoms with Gasteiger partial charge < -0.3 is 60.4 Å². The second-order valence-electron chi connectivity index (χ2n) is 9.14. The Morgan fingerprint density at radius 2 is 0.875 bits per heavy atom. The first kappa shape index (κ1) is 33.9. The van der Waals surface area contributed by atoms with Crippen molar-refractivity contribution in [2.45, 2.75) is 38.4 Å². The first-order chi connectivity index (χ1) is 18.5. The lowest BCUT2D eigenvalue weighted by atomic mass is 10.0. The van der Waals surface area contributed by atoms with Crippen molar-refractivity contribution in [3.8, 4) is 23.0 Å². The van der Waals surface area contributed by atoms with Crippen LogP contribution in [0.1, 0.15) is 22.3 Å². The van der Waals surface area contributed by atoms with Crippen molar-refractivity contribution in [3.05, 3.63) is 46.5 Å². The largest absolute Gasteiger partial charge is 0.508 e. The van der Waals surface area contributed by atoms with Crippen LogP contribution in [0, 0.1) is 0 Å². The van der Waals surface area contributed by atoms with E-state index in [0.29, 0.717) is 0 Å². The Morgan fingerprint density at radius 3 is 1.27 bits per heavy atom. The smallest absolute Gasteiger partial charge is 0.339 e. The van der Waals surface area contributed by atoms with Gasteiger partial charge >= 0.3 is 15.2 Å². The molecule has 0 saturated carbocycles. The molecule has 2 atom stereocenters. The van der Waals surface area contributed by atoms with Crippen LogP contribution in [0.15, 0.2) is 24.3 Å². The summed E-state index contributed by atoms with van der Waals surface area (Å²) in [5, 5.41) is 79.9. The topological polar surface area (TPSA) is 283 Å². The maximum Gasteiger partial charge on any atom is 0.339 e. The number of rotatable bonds is 15. The van der Waals surface area contributed by atoms with Crippen molar-refractivity contribution < 1.29 is 69.6 Å². The molecule has 40 heavy (non-hydrogen) atoms. The number of phenols is 4. The van der Waals surface area contributed by atoms with Gasteiger partial charge in [0.05, 0.1) is 38.5 Å². The molecule has 1 unspecified atom stereocenters. The van der Waals surface area contributed by atoms with E-state index in [1.54, 1.807) is 0 Å². The fourth-order valence-corrected chi connectivity index (χ4v) is 5.83. The highest BCUT2D eigenvalue weighted by molar-refractivity contribution is 7.51. The van der Waals surface area contributed by atoms with Crippen LogP contribution in [0.3, 0.4) is 0 Å². The SMILES string of the molecule is O=P(O)(O)CN(Cc1cc(CO)c(O)cc1O)C(CO)[C@@H](CO)N(Cc1cc(O)c(CO)cc1O)CP(=O)(O)O. The van der Waals surface area contributed by atoms with Gasteiger partial charge in [-0.15, -0.1) is 0 Å². The van der Waals surface area contributed by atoms with E-state index in [-0.39, 0.29) is 22.3 Å². The van der Waals surface area contributed by atoms with Gasteiger partial charge in [0.25, 0.3) is 0 Å². The highest BCUT2D eigenvalue weighted by Gasteiger charge is 2.37. The molecule has 0 heterocycles. The average molecular weight is 612 g/mol. The summed E-state index contributed by atoms with van der Waals surface area (Å²) in [4.78, 5) is 40.8. The quantitative estimate of drug-likeness (QED) is 0.0830. The summed E-state index contributed by atoms with van der Waals surface area (Å²) in [7, 11) is -9.80.